The first-order valence-corrected chi connectivity index (χ1v) is 4.36. The summed E-state index contributed by atoms with van der Waals surface area (Å²) in [6.07, 6.45) is 5.11. The molecule has 13 heavy (non-hydrogen) atoms. The molecule has 0 aromatic heterocycles. The Balaban J connectivity index is 4.18. The number of ketones is 1. The minimum Gasteiger partial charge on any atom is -0.468 e. The van der Waals surface area contributed by atoms with E-state index in [4.69, 9.17) is 0 Å². The Morgan fingerprint density at radius 1 is 1.38 bits per heavy atom. The van der Waals surface area contributed by atoms with Crippen molar-refractivity contribution in [1.29, 1.82) is 0 Å². The van der Waals surface area contributed by atoms with Gasteiger partial charge in [-0.15, -0.1) is 0 Å². The van der Waals surface area contributed by atoms with E-state index in [1.807, 2.05) is 19.1 Å². The Labute approximate surface area is 78.8 Å². The van der Waals surface area contributed by atoms with Crippen molar-refractivity contribution in [3.63, 3.8) is 0 Å². The lowest BCUT2D eigenvalue weighted by molar-refractivity contribution is -0.148. The second-order valence-corrected chi connectivity index (χ2v) is 2.80. The summed E-state index contributed by atoms with van der Waals surface area (Å²) in [5.74, 6) is -1.23. The van der Waals surface area contributed by atoms with Crippen LogP contribution in [0.5, 0.6) is 0 Å². The fourth-order valence-corrected chi connectivity index (χ4v) is 0.969. The minimum absolute atomic E-state index is 0.146. The molecule has 0 saturated carbocycles. The van der Waals surface area contributed by atoms with E-state index in [9.17, 15) is 9.59 Å². The molecular weight excluding hydrogens is 168 g/mol. The van der Waals surface area contributed by atoms with Gasteiger partial charge < -0.3 is 4.74 Å². The third kappa shape index (κ3) is 4.45. The average Bonchev–Trinajstić information content (AvgIpc) is 2.11. The number of carbonyl (C=O) groups is 2. The van der Waals surface area contributed by atoms with Crippen molar-refractivity contribution >= 4 is 11.8 Å². The van der Waals surface area contributed by atoms with Crippen LogP contribution in [0.4, 0.5) is 0 Å². The summed E-state index contributed by atoms with van der Waals surface area (Å²) in [5.41, 5.74) is 0. The minimum atomic E-state index is -0.632. The summed E-state index contributed by atoms with van der Waals surface area (Å²) in [7, 11) is 1.29. The first-order valence-electron chi connectivity index (χ1n) is 4.36. The van der Waals surface area contributed by atoms with Crippen molar-refractivity contribution in [2.45, 2.75) is 26.7 Å². The van der Waals surface area contributed by atoms with Crippen LogP contribution in [-0.2, 0) is 14.3 Å². The van der Waals surface area contributed by atoms with Crippen LogP contribution >= 0.6 is 0 Å². The molecule has 0 rings (SSSR count). The predicted octanol–water partition coefficient (Wildman–Crippen LogP) is 1.72. The summed E-state index contributed by atoms with van der Waals surface area (Å²) < 4.78 is 4.51. The normalized spacial score (nSPS) is 12.8. The lowest BCUT2D eigenvalue weighted by Crippen LogP contribution is -2.22. The molecule has 0 radical (unpaired) electrons. The van der Waals surface area contributed by atoms with Crippen LogP contribution in [0.25, 0.3) is 0 Å². The zero-order chi connectivity index (χ0) is 10.3. The molecule has 1 atom stereocenters. The Morgan fingerprint density at radius 2 is 2.00 bits per heavy atom. The van der Waals surface area contributed by atoms with Gasteiger partial charge in [0.15, 0.2) is 0 Å². The second-order valence-electron chi connectivity index (χ2n) is 2.80. The largest absolute Gasteiger partial charge is 0.468 e. The third-order valence-corrected chi connectivity index (χ3v) is 1.75. The van der Waals surface area contributed by atoms with E-state index < -0.39 is 11.9 Å². The molecule has 0 aromatic carbocycles. The summed E-state index contributed by atoms with van der Waals surface area (Å²) in [5, 5.41) is 0. The predicted molar refractivity (Wildman–Crippen MR) is 50.2 cm³/mol. The summed E-state index contributed by atoms with van der Waals surface area (Å²) in [4.78, 5) is 22.1. The van der Waals surface area contributed by atoms with Crippen LogP contribution in [0.3, 0.4) is 0 Å². The molecule has 0 saturated heterocycles. The van der Waals surface area contributed by atoms with Gasteiger partial charge in [-0.05, 0) is 19.8 Å². The van der Waals surface area contributed by atoms with Gasteiger partial charge in [0.2, 0.25) is 0 Å². The molecule has 0 fully saturated rings. The Hall–Kier alpha value is -1.12. The van der Waals surface area contributed by atoms with Crippen LogP contribution in [0.15, 0.2) is 12.2 Å². The topological polar surface area (TPSA) is 43.4 Å². The number of hydrogen-bond donors (Lipinski definition) is 0. The first kappa shape index (κ1) is 11.9. The van der Waals surface area contributed by atoms with Crippen molar-refractivity contribution < 1.29 is 14.3 Å². The lowest BCUT2D eigenvalue weighted by Gasteiger charge is -2.07. The van der Waals surface area contributed by atoms with Crippen LogP contribution in [0.2, 0.25) is 0 Å². The highest BCUT2D eigenvalue weighted by atomic mass is 16.5. The van der Waals surface area contributed by atoms with Gasteiger partial charge in [0, 0.05) is 0 Å². The maximum absolute atomic E-state index is 11.1. The van der Waals surface area contributed by atoms with Gasteiger partial charge in [0.05, 0.1) is 7.11 Å². The molecule has 0 heterocycles. The van der Waals surface area contributed by atoms with Gasteiger partial charge in [-0.3, -0.25) is 9.59 Å². The van der Waals surface area contributed by atoms with Crippen molar-refractivity contribution in [2.75, 3.05) is 7.11 Å². The third-order valence-electron chi connectivity index (χ3n) is 1.75. The fraction of sp³-hybridized carbons (Fsp3) is 0.600. The number of carbonyl (C=O) groups excluding carboxylic acids is 2. The van der Waals surface area contributed by atoms with E-state index in [1.165, 1.54) is 14.0 Å². The highest BCUT2D eigenvalue weighted by Crippen LogP contribution is 2.08. The van der Waals surface area contributed by atoms with Crippen LogP contribution in [0.1, 0.15) is 26.7 Å². The monoisotopic (exact) mass is 184 g/mol. The number of Topliss-reactive ketones (excluding diaryl/α,β-unsaturated/α-hetero) is 1. The molecule has 3 heteroatoms. The van der Waals surface area contributed by atoms with Crippen molar-refractivity contribution in [1.82, 2.24) is 0 Å². The Morgan fingerprint density at radius 3 is 2.38 bits per heavy atom. The molecule has 3 nitrogen and oxygen atoms in total. The maximum Gasteiger partial charge on any atom is 0.316 e. The van der Waals surface area contributed by atoms with E-state index in [1.54, 1.807) is 0 Å². The van der Waals surface area contributed by atoms with Crippen LogP contribution < -0.4 is 0 Å². The van der Waals surface area contributed by atoms with E-state index in [2.05, 4.69) is 4.74 Å². The smallest absolute Gasteiger partial charge is 0.316 e. The second kappa shape index (κ2) is 6.40. The van der Waals surface area contributed by atoms with Gasteiger partial charge >= 0.3 is 5.97 Å². The number of allylic oxidation sites excluding steroid dienone is 2. The highest BCUT2D eigenvalue weighted by Gasteiger charge is 2.22. The molecule has 0 amide bonds. The van der Waals surface area contributed by atoms with Crippen molar-refractivity contribution in [2.24, 2.45) is 5.92 Å². The number of esters is 1. The molecule has 0 aliphatic carbocycles. The fourth-order valence-electron chi connectivity index (χ4n) is 0.969. The number of ether oxygens (including phenoxy) is 1. The SMILES string of the molecule is CC/C=C/CC(C(C)=O)C(=O)OC. The van der Waals surface area contributed by atoms with Gasteiger partial charge in [-0.25, -0.2) is 0 Å². The molecule has 0 aromatic rings. The molecular formula is C10H16O3. The van der Waals surface area contributed by atoms with Crippen LogP contribution in [-0.4, -0.2) is 18.9 Å². The Kier molecular flexibility index (Phi) is 5.85. The molecule has 0 aliphatic heterocycles. The highest BCUT2D eigenvalue weighted by molar-refractivity contribution is 5.97. The van der Waals surface area contributed by atoms with E-state index >= 15 is 0 Å². The van der Waals surface area contributed by atoms with E-state index in [0.29, 0.717) is 6.42 Å². The summed E-state index contributed by atoms with van der Waals surface area (Å²) in [6.45, 7) is 3.40. The van der Waals surface area contributed by atoms with E-state index in [-0.39, 0.29) is 5.78 Å². The van der Waals surface area contributed by atoms with Gasteiger partial charge in [-0.1, -0.05) is 19.1 Å². The standard InChI is InChI=1S/C10H16O3/c1-4-5-6-7-9(8(2)11)10(12)13-3/h5-6,9H,4,7H2,1-3H3/b6-5+. The van der Waals surface area contributed by atoms with Crippen molar-refractivity contribution in [3.8, 4) is 0 Å². The number of hydrogen-bond acceptors (Lipinski definition) is 3. The van der Waals surface area contributed by atoms with Crippen molar-refractivity contribution in [3.05, 3.63) is 12.2 Å². The Bertz CT molecular complexity index is 206. The molecule has 0 aliphatic rings. The number of rotatable bonds is 5. The van der Waals surface area contributed by atoms with Crippen LogP contribution in [0, 0.1) is 5.92 Å². The van der Waals surface area contributed by atoms with E-state index in [0.717, 1.165) is 6.42 Å². The van der Waals surface area contributed by atoms with Gasteiger partial charge in [0.25, 0.3) is 0 Å². The molecule has 0 bridgehead atoms. The zero-order valence-corrected chi connectivity index (χ0v) is 8.37. The number of methoxy groups -OCH3 is 1. The lowest BCUT2D eigenvalue weighted by atomic mass is 10.0. The van der Waals surface area contributed by atoms with Gasteiger partial charge in [0.1, 0.15) is 11.7 Å². The molecule has 0 N–H and O–H groups in total. The zero-order valence-electron chi connectivity index (χ0n) is 8.37. The summed E-state index contributed by atoms with van der Waals surface area (Å²) in [6, 6.07) is 0. The van der Waals surface area contributed by atoms with Gasteiger partial charge in [-0.2, -0.15) is 0 Å². The first-order chi connectivity index (χ1) is 6.13. The average molecular weight is 184 g/mol. The maximum atomic E-state index is 11.1. The summed E-state index contributed by atoms with van der Waals surface area (Å²) >= 11 is 0. The molecule has 74 valence electrons. The molecule has 0 spiro atoms. The quantitative estimate of drug-likeness (QED) is 0.371. The molecule has 1 unspecified atom stereocenters.